The highest BCUT2D eigenvalue weighted by atomic mass is 32.1. The van der Waals surface area contributed by atoms with Gasteiger partial charge in [-0.3, -0.25) is 0 Å². The van der Waals surface area contributed by atoms with Gasteiger partial charge in [0.2, 0.25) is 0 Å². The molecule has 0 fully saturated rings. The third-order valence-electron chi connectivity index (χ3n) is 3.11. The minimum Gasteiger partial charge on any atom is -0.390 e. The maximum atomic E-state index is 10.3. The number of thiophene rings is 1. The molecular formula is C12H20OS. The summed E-state index contributed by atoms with van der Waals surface area (Å²) in [4.78, 5) is 0. The fourth-order valence-corrected chi connectivity index (χ4v) is 2.37. The van der Waals surface area contributed by atoms with Gasteiger partial charge in [-0.15, -0.1) is 0 Å². The highest BCUT2D eigenvalue weighted by molar-refractivity contribution is 7.07. The summed E-state index contributed by atoms with van der Waals surface area (Å²) >= 11 is 1.72. The van der Waals surface area contributed by atoms with Crippen LogP contribution in [0.15, 0.2) is 16.8 Å². The molecule has 0 aliphatic heterocycles. The van der Waals surface area contributed by atoms with Crippen LogP contribution in [0.3, 0.4) is 0 Å². The van der Waals surface area contributed by atoms with Gasteiger partial charge in [-0.2, -0.15) is 11.3 Å². The lowest BCUT2D eigenvalue weighted by Gasteiger charge is -2.31. The molecule has 0 saturated carbocycles. The second kappa shape index (κ2) is 4.94. The zero-order chi connectivity index (χ0) is 10.6. The van der Waals surface area contributed by atoms with Crippen LogP contribution in [0.25, 0.3) is 0 Å². The Morgan fingerprint density at radius 2 is 2.21 bits per heavy atom. The smallest absolute Gasteiger partial charge is 0.0671 e. The number of aliphatic hydroxyl groups is 1. The average molecular weight is 212 g/mol. The fourth-order valence-electron chi connectivity index (χ4n) is 1.67. The van der Waals surface area contributed by atoms with Crippen LogP contribution >= 0.6 is 11.3 Å². The summed E-state index contributed by atoms with van der Waals surface area (Å²) in [6.45, 7) is 6.25. The van der Waals surface area contributed by atoms with E-state index >= 15 is 0 Å². The van der Waals surface area contributed by atoms with Crippen molar-refractivity contribution in [3.8, 4) is 0 Å². The van der Waals surface area contributed by atoms with E-state index in [1.807, 2.05) is 0 Å². The molecule has 0 spiro atoms. The van der Waals surface area contributed by atoms with Crippen molar-refractivity contribution in [1.29, 1.82) is 0 Å². The van der Waals surface area contributed by atoms with Gasteiger partial charge in [0.05, 0.1) is 5.60 Å². The van der Waals surface area contributed by atoms with Gasteiger partial charge in [0, 0.05) is 0 Å². The molecule has 14 heavy (non-hydrogen) atoms. The van der Waals surface area contributed by atoms with Crippen molar-refractivity contribution in [2.24, 2.45) is 5.92 Å². The van der Waals surface area contributed by atoms with Crippen LogP contribution in [0.1, 0.15) is 39.2 Å². The fraction of sp³-hybridized carbons (Fsp3) is 0.667. The lowest BCUT2D eigenvalue weighted by Crippen LogP contribution is -2.34. The standard InChI is InChI=1S/C12H20OS/c1-4-12(13,10(2)3)7-5-11-6-8-14-9-11/h6,8-10,13H,4-5,7H2,1-3H3. The second-order valence-corrected chi connectivity index (χ2v) is 5.02. The maximum absolute atomic E-state index is 10.3. The Morgan fingerprint density at radius 1 is 1.50 bits per heavy atom. The summed E-state index contributed by atoms with van der Waals surface area (Å²) in [5, 5.41) is 14.6. The molecule has 1 unspecified atom stereocenters. The Balaban J connectivity index is 2.50. The van der Waals surface area contributed by atoms with Gasteiger partial charge in [-0.05, 0) is 47.6 Å². The van der Waals surface area contributed by atoms with Crippen molar-refractivity contribution in [2.75, 3.05) is 0 Å². The van der Waals surface area contributed by atoms with Crippen LogP contribution in [0.2, 0.25) is 0 Å². The van der Waals surface area contributed by atoms with E-state index in [1.54, 1.807) is 11.3 Å². The predicted octanol–water partition coefficient (Wildman–Crippen LogP) is 3.48. The molecule has 0 radical (unpaired) electrons. The minimum atomic E-state index is -0.484. The van der Waals surface area contributed by atoms with Crippen molar-refractivity contribution in [1.82, 2.24) is 0 Å². The van der Waals surface area contributed by atoms with Crippen molar-refractivity contribution < 1.29 is 5.11 Å². The Kier molecular flexibility index (Phi) is 4.14. The molecule has 0 aliphatic rings. The van der Waals surface area contributed by atoms with Gasteiger partial charge in [0.15, 0.2) is 0 Å². The molecular weight excluding hydrogens is 192 g/mol. The largest absolute Gasteiger partial charge is 0.390 e. The van der Waals surface area contributed by atoms with Crippen molar-refractivity contribution in [3.05, 3.63) is 22.4 Å². The summed E-state index contributed by atoms with van der Waals surface area (Å²) < 4.78 is 0. The molecule has 0 aromatic carbocycles. The predicted molar refractivity (Wildman–Crippen MR) is 62.7 cm³/mol. The van der Waals surface area contributed by atoms with Gasteiger partial charge in [0.25, 0.3) is 0 Å². The lowest BCUT2D eigenvalue weighted by atomic mass is 9.83. The Morgan fingerprint density at radius 3 is 2.64 bits per heavy atom. The maximum Gasteiger partial charge on any atom is 0.0671 e. The first-order valence-electron chi connectivity index (χ1n) is 5.32. The van der Waals surface area contributed by atoms with Crippen LogP contribution in [0.4, 0.5) is 0 Å². The first-order valence-corrected chi connectivity index (χ1v) is 6.26. The zero-order valence-electron chi connectivity index (χ0n) is 9.29. The van der Waals surface area contributed by atoms with Gasteiger partial charge < -0.3 is 5.11 Å². The van der Waals surface area contributed by atoms with Crippen LogP contribution < -0.4 is 0 Å². The molecule has 1 N–H and O–H groups in total. The van der Waals surface area contributed by atoms with Crippen molar-refractivity contribution >= 4 is 11.3 Å². The summed E-state index contributed by atoms with van der Waals surface area (Å²) in [7, 11) is 0. The van der Waals surface area contributed by atoms with Crippen molar-refractivity contribution in [2.45, 2.75) is 45.6 Å². The molecule has 1 aromatic heterocycles. The average Bonchev–Trinajstić information content (AvgIpc) is 2.66. The molecule has 0 aliphatic carbocycles. The van der Waals surface area contributed by atoms with Crippen LogP contribution in [-0.4, -0.2) is 10.7 Å². The normalized spacial score (nSPS) is 15.8. The molecule has 1 rings (SSSR count). The van der Waals surface area contributed by atoms with Crippen LogP contribution in [0, 0.1) is 5.92 Å². The molecule has 1 nitrogen and oxygen atoms in total. The van der Waals surface area contributed by atoms with E-state index in [0.717, 1.165) is 19.3 Å². The Bertz CT molecular complexity index is 253. The molecule has 0 amide bonds. The van der Waals surface area contributed by atoms with E-state index in [4.69, 9.17) is 0 Å². The third kappa shape index (κ3) is 2.82. The molecule has 2 heteroatoms. The number of hydrogen-bond acceptors (Lipinski definition) is 2. The highest BCUT2D eigenvalue weighted by Gasteiger charge is 2.28. The SMILES string of the molecule is CCC(O)(CCc1ccsc1)C(C)C. The van der Waals surface area contributed by atoms with Gasteiger partial charge >= 0.3 is 0 Å². The first kappa shape index (κ1) is 11.7. The highest BCUT2D eigenvalue weighted by Crippen LogP contribution is 2.26. The van der Waals surface area contributed by atoms with E-state index in [-0.39, 0.29) is 0 Å². The number of rotatable bonds is 5. The van der Waals surface area contributed by atoms with Crippen LogP contribution in [-0.2, 0) is 6.42 Å². The van der Waals surface area contributed by atoms with Gasteiger partial charge in [-0.25, -0.2) is 0 Å². The third-order valence-corrected chi connectivity index (χ3v) is 3.85. The van der Waals surface area contributed by atoms with E-state index in [0.29, 0.717) is 5.92 Å². The van der Waals surface area contributed by atoms with E-state index in [1.165, 1.54) is 5.56 Å². The Labute approximate surface area is 90.8 Å². The molecule has 0 saturated heterocycles. The topological polar surface area (TPSA) is 20.2 Å². The van der Waals surface area contributed by atoms with Gasteiger partial charge in [-0.1, -0.05) is 20.8 Å². The van der Waals surface area contributed by atoms with E-state index < -0.39 is 5.60 Å². The van der Waals surface area contributed by atoms with Crippen molar-refractivity contribution in [3.63, 3.8) is 0 Å². The molecule has 1 atom stereocenters. The molecule has 1 heterocycles. The monoisotopic (exact) mass is 212 g/mol. The summed E-state index contributed by atoms with van der Waals surface area (Å²) in [5.41, 5.74) is 0.865. The zero-order valence-corrected chi connectivity index (χ0v) is 10.1. The van der Waals surface area contributed by atoms with E-state index in [2.05, 4.69) is 37.6 Å². The first-order chi connectivity index (χ1) is 6.58. The summed E-state index contributed by atoms with van der Waals surface area (Å²) in [5.74, 6) is 0.339. The molecule has 1 aromatic rings. The molecule has 0 bridgehead atoms. The lowest BCUT2D eigenvalue weighted by molar-refractivity contribution is -0.0162. The quantitative estimate of drug-likeness (QED) is 0.792. The Hall–Kier alpha value is -0.340. The second-order valence-electron chi connectivity index (χ2n) is 4.24. The number of aryl methyl sites for hydroxylation is 1. The van der Waals surface area contributed by atoms with Crippen LogP contribution in [0.5, 0.6) is 0 Å². The summed E-state index contributed by atoms with van der Waals surface area (Å²) in [6.07, 6.45) is 2.71. The summed E-state index contributed by atoms with van der Waals surface area (Å²) in [6, 6.07) is 2.14. The minimum absolute atomic E-state index is 0.339. The van der Waals surface area contributed by atoms with Gasteiger partial charge in [0.1, 0.15) is 0 Å². The number of hydrogen-bond donors (Lipinski definition) is 1. The molecule has 80 valence electrons. The van der Waals surface area contributed by atoms with E-state index in [9.17, 15) is 5.11 Å².